The molecule has 1 saturated carbocycles. The zero-order valence-corrected chi connectivity index (χ0v) is 16.9. The van der Waals surface area contributed by atoms with Crippen LogP contribution in [0.4, 0.5) is 0 Å². The number of hydrogen-bond donors (Lipinski definition) is 0. The molecule has 6 nitrogen and oxygen atoms in total. The first-order chi connectivity index (χ1) is 13.9. The van der Waals surface area contributed by atoms with Crippen molar-refractivity contribution in [3.8, 4) is 5.75 Å². The molecule has 2 aromatic rings. The Labute approximate surface area is 173 Å². The molecule has 1 aromatic heterocycles. The lowest BCUT2D eigenvalue weighted by Crippen LogP contribution is -2.43. The molecule has 0 bridgehead atoms. The number of esters is 1. The van der Waals surface area contributed by atoms with Crippen LogP contribution in [0.15, 0.2) is 47.0 Å². The highest BCUT2D eigenvalue weighted by Crippen LogP contribution is 2.36. The summed E-state index contributed by atoms with van der Waals surface area (Å²) in [7, 11) is 0. The van der Waals surface area contributed by atoms with E-state index in [0.717, 1.165) is 11.1 Å². The van der Waals surface area contributed by atoms with Crippen LogP contribution < -0.4 is 4.74 Å². The van der Waals surface area contributed by atoms with E-state index in [-0.39, 0.29) is 35.4 Å². The van der Waals surface area contributed by atoms with Gasteiger partial charge >= 0.3 is 5.97 Å². The summed E-state index contributed by atoms with van der Waals surface area (Å²) >= 11 is 6.19. The minimum Gasteiger partial charge on any atom is -0.493 e. The number of ketones is 1. The minimum atomic E-state index is -0.506. The largest absolute Gasteiger partial charge is 0.493 e. The van der Waals surface area contributed by atoms with Gasteiger partial charge in [-0.3, -0.25) is 4.79 Å². The van der Waals surface area contributed by atoms with Crippen LogP contribution in [0.3, 0.4) is 0 Å². The fraction of sp³-hybridized carbons (Fsp3) is 0.364. The molecule has 0 N–H and O–H groups in total. The van der Waals surface area contributed by atoms with Gasteiger partial charge in [0.25, 0.3) is 0 Å². The Kier molecular flexibility index (Phi) is 5.37. The van der Waals surface area contributed by atoms with Crippen LogP contribution in [0.25, 0.3) is 0 Å². The molecule has 1 aliphatic carbocycles. The molecule has 3 unspecified atom stereocenters. The number of carbonyl (C=O) groups excluding carboxylic acids is 2. The van der Waals surface area contributed by atoms with Crippen molar-refractivity contribution < 1.29 is 28.2 Å². The summed E-state index contributed by atoms with van der Waals surface area (Å²) in [5.41, 5.74) is 1.76. The maximum absolute atomic E-state index is 12.9. The maximum atomic E-state index is 12.9. The number of furan rings is 1. The van der Waals surface area contributed by atoms with E-state index in [1.54, 1.807) is 24.3 Å². The topological polar surface area (TPSA) is 75.0 Å². The number of fused-ring (bicyclic) bond motifs is 1. The van der Waals surface area contributed by atoms with Crippen molar-refractivity contribution in [3.05, 3.63) is 64.5 Å². The lowest BCUT2D eigenvalue weighted by atomic mass is 9.80. The second-order valence-electron chi connectivity index (χ2n) is 7.42. The predicted molar refractivity (Wildman–Crippen MR) is 105 cm³/mol. The van der Waals surface area contributed by atoms with Crippen molar-refractivity contribution in [2.24, 2.45) is 5.92 Å². The van der Waals surface area contributed by atoms with Gasteiger partial charge in [-0.15, -0.1) is 0 Å². The van der Waals surface area contributed by atoms with Crippen molar-refractivity contribution in [1.29, 1.82) is 0 Å². The van der Waals surface area contributed by atoms with Gasteiger partial charge in [0.2, 0.25) is 17.3 Å². The van der Waals surface area contributed by atoms with Crippen LogP contribution in [-0.2, 0) is 14.3 Å². The third-order valence-corrected chi connectivity index (χ3v) is 5.90. The Morgan fingerprint density at radius 2 is 1.97 bits per heavy atom. The Balaban J connectivity index is 1.41. The van der Waals surface area contributed by atoms with Gasteiger partial charge < -0.3 is 18.6 Å². The van der Waals surface area contributed by atoms with E-state index in [4.69, 9.17) is 30.2 Å². The average molecular weight is 417 g/mol. The SMILES string of the molecule is Cc1cc(OC2=COC3CC(OC(=O)c4ccco4)CCC3C2=O)cc(C)c1Cl. The van der Waals surface area contributed by atoms with Crippen molar-refractivity contribution in [2.45, 2.75) is 45.3 Å². The van der Waals surface area contributed by atoms with E-state index >= 15 is 0 Å². The highest BCUT2D eigenvalue weighted by atomic mass is 35.5. The first-order valence-electron chi connectivity index (χ1n) is 9.51. The third kappa shape index (κ3) is 4.03. The highest BCUT2D eigenvalue weighted by molar-refractivity contribution is 6.32. The number of rotatable bonds is 4. The Bertz CT molecular complexity index is 939. The van der Waals surface area contributed by atoms with Crippen LogP contribution in [0, 0.1) is 19.8 Å². The number of aryl methyl sites for hydroxylation is 2. The molecule has 7 heteroatoms. The third-order valence-electron chi connectivity index (χ3n) is 5.31. The van der Waals surface area contributed by atoms with Gasteiger partial charge in [-0.25, -0.2) is 4.79 Å². The van der Waals surface area contributed by atoms with Crippen LogP contribution in [0.2, 0.25) is 5.02 Å². The summed E-state index contributed by atoms with van der Waals surface area (Å²) in [6.07, 6.45) is 3.71. The van der Waals surface area contributed by atoms with Crippen molar-refractivity contribution >= 4 is 23.4 Å². The fourth-order valence-electron chi connectivity index (χ4n) is 3.81. The van der Waals surface area contributed by atoms with Gasteiger partial charge in [-0.1, -0.05) is 11.6 Å². The zero-order chi connectivity index (χ0) is 20.5. The van der Waals surface area contributed by atoms with Crippen LogP contribution in [0.1, 0.15) is 40.9 Å². The average Bonchev–Trinajstić information content (AvgIpc) is 3.23. The molecule has 1 aromatic carbocycles. The maximum Gasteiger partial charge on any atom is 0.374 e. The highest BCUT2D eigenvalue weighted by Gasteiger charge is 2.42. The van der Waals surface area contributed by atoms with Crippen molar-refractivity contribution in [1.82, 2.24) is 0 Å². The Morgan fingerprint density at radius 1 is 1.21 bits per heavy atom. The number of ether oxygens (including phenoxy) is 3. The molecule has 1 fully saturated rings. The first-order valence-corrected chi connectivity index (χ1v) is 9.89. The molecular formula is C22H21ClO6. The van der Waals surface area contributed by atoms with Gasteiger partial charge in [0.15, 0.2) is 0 Å². The van der Waals surface area contributed by atoms with Crippen LogP contribution >= 0.6 is 11.6 Å². The molecule has 1 aliphatic heterocycles. The van der Waals surface area contributed by atoms with E-state index in [1.165, 1.54) is 12.5 Å². The summed E-state index contributed by atoms with van der Waals surface area (Å²) in [6, 6.07) is 6.77. The first kappa shape index (κ1) is 19.6. The second-order valence-corrected chi connectivity index (χ2v) is 7.80. The molecule has 0 spiro atoms. The predicted octanol–water partition coefficient (Wildman–Crippen LogP) is 4.76. The molecule has 2 heterocycles. The molecule has 2 aliphatic rings. The van der Waals surface area contributed by atoms with Gasteiger partial charge in [0, 0.05) is 11.4 Å². The van der Waals surface area contributed by atoms with E-state index in [1.807, 2.05) is 13.8 Å². The van der Waals surface area contributed by atoms with Crippen molar-refractivity contribution in [2.75, 3.05) is 0 Å². The smallest absolute Gasteiger partial charge is 0.374 e. The molecule has 152 valence electrons. The van der Waals surface area contributed by atoms with Gasteiger partial charge in [-0.05, 0) is 62.1 Å². The zero-order valence-electron chi connectivity index (χ0n) is 16.1. The summed E-state index contributed by atoms with van der Waals surface area (Å²) in [5.74, 6) is -0.0265. The van der Waals surface area contributed by atoms with E-state index < -0.39 is 5.97 Å². The fourth-order valence-corrected chi connectivity index (χ4v) is 3.92. The van der Waals surface area contributed by atoms with Gasteiger partial charge in [-0.2, -0.15) is 0 Å². The van der Waals surface area contributed by atoms with Gasteiger partial charge in [0.05, 0.1) is 12.2 Å². The monoisotopic (exact) mass is 416 g/mol. The standard InChI is InChI=1S/C22H21ClO6/c1-12-8-15(9-13(2)20(12)23)28-19-11-27-18-10-14(5-6-16(18)21(19)24)29-22(25)17-4-3-7-26-17/h3-4,7-9,11,14,16,18H,5-6,10H2,1-2H3. The number of allylic oxidation sites excluding steroid dienone is 1. The minimum absolute atomic E-state index is 0.0951. The van der Waals surface area contributed by atoms with Gasteiger partial charge in [0.1, 0.15) is 24.2 Å². The molecule has 0 saturated heterocycles. The number of hydrogen-bond acceptors (Lipinski definition) is 6. The second kappa shape index (κ2) is 7.95. The summed E-state index contributed by atoms with van der Waals surface area (Å²) in [4.78, 5) is 25.0. The van der Waals surface area contributed by atoms with E-state index in [9.17, 15) is 9.59 Å². The molecule has 4 rings (SSSR count). The Hall–Kier alpha value is -2.73. The summed E-state index contributed by atoms with van der Waals surface area (Å²) in [5, 5.41) is 0.681. The van der Waals surface area contributed by atoms with E-state index in [2.05, 4.69) is 0 Å². The van der Waals surface area contributed by atoms with E-state index in [0.29, 0.717) is 30.0 Å². The molecule has 0 amide bonds. The molecule has 29 heavy (non-hydrogen) atoms. The molecule has 3 atom stereocenters. The number of halogens is 1. The number of Topliss-reactive ketones (excluding diaryl/α,β-unsaturated/α-hetero) is 1. The van der Waals surface area contributed by atoms with Crippen LogP contribution in [0.5, 0.6) is 5.75 Å². The number of carbonyl (C=O) groups is 2. The summed E-state index contributed by atoms with van der Waals surface area (Å²) in [6.45, 7) is 3.77. The van der Waals surface area contributed by atoms with Crippen molar-refractivity contribution in [3.63, 3.8) is 0 Å². The van der Waals surface area contributed by atoms with Crippen LogP contribution in [-0.4, -0.2) is 24.0 Å². The molecular weight excluding hydrogens is 396 g/mol. The lowest BCUT2D eigenvalue weighted by molar-refractivity contribution is -0.132. The quantitative estimate of drug-likeness (QED) is 0.668. The molecule has 0 radical (unpaired) electrons. The Morgan fingerprint density at radius 3 is 2.66 bits per heavy atom. The lowest BCUT2D eigenvalue weighted by Gasteiger charge is -2.36. The summed E-state index contributed by atoms with van der Waals surface area (Å²) < 4.78 is 22.1. The normalized spacial score (nSPS) is 23.6. The number of benzene rings is 1.